The molecule has 2 amide bonds. The Kier molecular flexibility index (Phi) is 7.11. The van der Waals surface area contributed by atoms with E-state index in [0.717, 1.165) is 24.2 Å². The largest absolute Gasteiger partial charge is 0.496 e. The summed E-state index contributed by atoms with van der Waals surface area (Å²) >= 11 is 0. The maximum absolute atomic E-state index is 12.5. The van der Waals surface area contributed by atoms with Crippen LogP contribution in [0, 0.1) is 0 Å². The van der Waals surface area contributed by atoms with Crippen LogP contribution in [0.5, 0.6) is 5.75 Å². The van der Waals surface area contributed by atoms with Crippen molar-refractivity contribution in [3.8, 4) is 5.75 Å². The van der Waals surface area contributed by atoms with Crippen LogP contribution in [-0.4, -0.2) is 38.7 Å². The molecule has 1 saturated heterocycles. The summed E-state index contributed by atoms with van der Waals surface area (Å²) in [5.74, 6) is -0.134. The molecule has 1 aliphatic heterocycles. The first-order chi connectivity index (χ1) is 14.4. The highest BCUT2D eigenvalue weighted by atomic mass is 16.5. The summed E-state index contributed by atoms with van der Waals surface area (Å²) < 4.78 is 11.1. The number of carbonyl (C=O) groups excluding carboxylic acids is 2. The van der Waals surface area contributed by atoms with Gasteiger partial charge in [-0.05, 0) is 42.5 Å². The average molecular weight is 411 g/mol. The van der Waals surface area contributed by atoms with Crippen molar-refractivity contribution >= 4 is 17.5 Å². The van der Waals surface area contributed by atoms with Gasteiger partial charge in [0, 0.05) is 36.4 Å². The van der Waals surface area contributed by atoms with Crippen molar-refractivity contribution < 1.29 is 19.1 Å². The van der Waals surface area contributed by atoms with E-state index < -0.39 is 11.8 Å². The Balaban J connectivity index is 1.67. The van der Waals surface area contributed by atoms with Gasteiger partial charge in [-0.3, -0.25) is 9.59 Å². The molecule has 0 bridgehead atoms. The van der Waals surface area contributed by atoms with Gasteiger partial charge in [-0.25, -0.2) is 0 Å². The van der Waals surface area contributed by atoms with E-state index in [1.807, 2.05) is 48.5 Å². The van der Waals surface area contributed by atoms with Gasteiger partial charge in [0.1, 0.15) is 5.75 Å². The molecule has 1 fully saturated rings. The van der Waals surface area contributed by atoms with E-state index in [1.54, 1.807) is 7.11 Å². The maximum atomic E-state index is 12.5. The van der Waals surface area contributed by atoms with E-state index in [2.05, 4.69) is 24.5 Å². The van der Waals surface area contributed by atoms with Crippen molar-refractivity contribution in [3.05, 3.63) is 59.7 Å². The number of hydrogen-bond donors (Lipinski definition) is 2. The Morgan fingerprint density at radius 3 is 2.33 bits per heavy atom. The van der Waals surface area contributed by atoms with Crippen LogP contribution < -0.4 is 15.4 Å². The zero-order valence-electron chi connectivity index (χ0n) is 17.9. The number of benzene rings is 2. The highest BCUT2D eigenvalue weighted by Gasteiger charge is 2.37. The molecule has 2 aromatic rings. The first kappa shape index (κ1) is 21.8. The van der Waals surface area contributed by atoms with Gasteiger partial charge in [0.2, 0.25) is 0 Å². The van der Waals surface area contributed by atoms with Crippen LogP contribution in [0.1, 0.15) is 43.7 Å². The van der Waals surface area contributed by atoms with Crippen LogP contribution in [0.4, 0.5) is 5.69 Å². The molecular weight excluding hydrogens is 380 g/mol. The smallest absolute Gasteiger partial charge is 0.313 e. The molecular formula is C24H30N2O4. The monoisotopic (exact) mass is 410 g/mol. The molecule has 0 aromatic heterocycles. The molecule has 6 heteroatoms. The molecule has 30 heavy (non-hydrogen) atoms. The van der Waals surface area contributed by atoms with E-state index >= 15 is 0 Å². The van der Waals surface area contributed by atoms with Crippen LogP contribution in [0.25, 0.3) is 0 Å². The zero-order chi connectivity index (χ0) is 21.6. The maximum Gasteiger partial charge on any atom is 0.313 e. The van der Waals surface area contributed by atoms with Crippen molar-refractivity contribution in [3.63, 3.8) is 0 Å². The number of hydrogen-bond acceptors (Lipinski definition) is 4. The zero-order valence-corrected chi connectivity index (χ0v) is 17.9. The summed E-state index contributed by atoms with van der Waals surface area (Å²) in [5.41, 5.74) is 2.47. The van der Waals surface area contributed by atoms with E-state index in [9.17, 15) is 9.59 Å². The number of para-hydroxylation sites is 1. The topological polar surface area (TPSA) is 76.7 Å². The lowest BCUT2D eigenvalue weighted by atomic mass is 9.73. The van der Waals surface area contributed by atoms with Crippen LogP contribution in [-0.2, 0) is 19.7 Å². The molecule has 1 aliphatic rings. The highest BCUT2D eigenvalue weighted by Crippen LogP contribution is 2.39. The van der Waals surface area contributed by atoms with Gasteiger partial charge >= 0.3 is 11.8 Å². The van der Waals surface area contributed by atoms with Crippen molar-refractivity contribution in [2.24, 2.45) is 0 Å². The number of methoxy groups -OCH3 is 1. The standard InChI is InChI=1S/C24H30N2O4/c1-17(2)18-8-10-19(11-9-18)26-23(28)22(27)25-16-24(12-14-30-15-13-24)20-6-4-5-7-21(20)29-3/h4-11,17H,12-16H2,1-3H3,(H,25,27)(H,26,28). The van der Waals surface area contributed by atoms with Crippen LogP contribution in [0.3, 0.4) is 0 Å². The Hall–Kier alpha value is -2.86. The van der Waals surface area contributed by atoms with Crippen LogP contribution in [0.2, 0.25) is 0 Å². The SMILES string of the molecule is COc1ccccc1C1(CNC(=O)C(=O)Nc2ccc(C(C)C)cc2)CCOCC1. The fourth-order valence-corrected chi connectivity index (χ4v) is 3.86. The second kappa shape index (κ2) is 9.76. The average Bonchev–Trinajstić information content (AvgIpc) is 2.78. The van der Waals surface area contributed by atoms with Crippen LogP contribution in [0.15, 0.2) is 48.5 Å². The molecule has 0 radical (unpaired) electrons. The number of amides is 2. The van der Waals surface area contributed by atoms with Gasteiger partial charge in [0.05, 0.1) is 7.11 Å². The Morgan fingerprint density at radius 2 is 1.70 bits per heavy atom. The summed E-state index contributed by atoms with van der Waals surface area (Å²) in [4.78, 5) is 24.9. The molecule has 3 rings (SSSR count). The number of ether oxygens (including phenoxy) is 2. The first-order valence-corrected chi connectivity index (χ1v) is 10.4. The predicted octanol–water partition coefficient (Wildman–Crippen LogP) is 3.62. The summed E-state index contributed by atoms with van der Waals surface area (Å²) in [5, 5.41) is 5.50. The lowest BCUT2D eigenvalue weighted by Gasteiger charge is -2.38. The van der Waals surface area contributed by atoms with E-state index in [4.69, 9.17) is 9.47 Å². The minimum Gasteiger partial charge on any atom is -0.496 e. The molecule has 0 aliphatic carbocycles. The minimum atomic E-state index is -0.672. The normalized spacial score (nSPS) is 15.5. The molecule has 0 atom stereocenters. The van der Waals surface area contributed by atoms with Gasteiger partial charge in [0.15, 0.2) is 0 Å². The predicted molar refractivity (Wildman–Crippen MR) is 117 cm³/mol. The van der Waals surface area contributed by atoms with Crippen molar-refractivity contribution in [2.75, 3.05) is 32.2 Å². The van der Waals surface area contributed by atoms with Gasteiger partial charge in [0.25, 0.3) is 0 Å². The first-order valence-electron chi connectivity index (χ1n) is 10.4. The lowest BCUT2D eigenvalue weighted by Crippen LogP contribution is -2.47. The molecule has 2 aromatic carbocycles. The minimum absolute atomic E-state index is 0.334. The van der Waals surface area contributed by atoms with Gasteiger partial charge < -0.3 is 20.1 Å². The number of anilines is 1. The third-order valence-electron chi connectivity index (χ3n) is 5.76. The Morgan fingerprint density at radius 1 is 1.03 bits per heavy atom. The van der Waals surface area contributed by atoms with Crippen LogP contribution >= 0.6 is 0 Å². The Bertz CT molecular complexity index is 871. The fourth-order valence-electron chi connectivity index (χ4n) is 3.86. The highest BCUT2D eigenvalue weighted by molar-refractivity contribution is 6.39. The molecule has 0 unspecified atom stereocenters. The number of carbonyl (C=O) groups is 2. The van der Waals surface area contributed by atoms with Gasteiger partial charge in [-0.1, -0.05) is 44.2 Å². The molecule has 6 nitrogen and oxygen atoms in total. The molecule has 160 valence electrons. The second-order valence-corrected chi connectivity index (χ2v) is 8.01. The third-order valence-corrected chi connectivity index (χ3v) is 5.76. The molecule has 2 N–H and O–H groups in total. The molecule has 0 saturated carbocycles. The quantitative estimate of drug-likeness (QED) is 0.713. The van der Waals surface area contributed by atoms with E-state index in [0.29, 0.717) is 31.4 Å². The van der Waals surface area contributed by atoms with Crippen molar-refractivity contribution in [2.45, 2.75) is 38.0 Å². The summed E-state index contributed by atoms with van der Waals surface area (Å²) in [6.07, 6.45) is 1.48. The van der Waals surface area contributed by atoms with Gasteiger partial charge in [-0.2, -0.15) is 0 Å². The van der Waals surface area contributed by atoms with E-state index in [-0.39, 0.29) is 5.41 Å². The summed E-state index contributed by atoms with van der Waals surface area (Å²) in [6.45, 7) is 5.75. The fraction of sp³-hybridized carbons (Fsp3) is 0.417. The van der Waals surface area contributed by atoms with E-state index in [1.165, 1.54) is 5.56 Å². The lowest BCUT2D eigenvalue weighted by molar-refractivity contribution is -0.136. The van der Waals surface area contributed by atoms with Crippen molar-refractivity contribution in [1.29, 1.82) is 0 Å². The molecule has 1 heterocycles. The second-order valence-electron chi connectivity index (χ2n) is 8.01. The van der Waals surface area contributed by atoms with Gasteiger partial charge in [-0.15, -0.1) is 0 Å². The number of nitrogens with one attached hydrogen (secondary N) is 2. The summed E-state index contributed by atoms with van der Waals surface area (Å²) in [6, 6.07) is 15.4. The number of rotatable bonds is 6. The Labute approximate surface area is 178 Å². The molecule has 0 spiro atoms. The van der Waals surface area contributed by atoms with Crippen molar-refractivity contribution in [1.82, 2.24) is 5.32 Å². The summed E-state index contributed by atoms with van der Waals surface area (Å²) in [7, 11) is 1.64. The third kappa shape index (κ3) is 5.00.